The Morgan fingerprint density at radius 2 is 2.04 bits per heavy atom. The summed E-state index contributed by atoms with van der Waals surface area (Å²) in [5.41, 5.74) is 9.37. The van der Waals surface area contributed by atoms with Crippen molar-refractivity contribution in [2.45, 2.75) is 6.92 Å². The highest BCUT2D eigenvalue weighted by atomic mass is 19.1. The molecule has 9 heteroatoms. The minimum atomic E-state index is -0.564. The van der Waals surface area contributed by atoms with Crippen LogP contribution >= 0.6 is 0 Å². The third-order valence-electron chi connectivity index (χ3n) is 4.13. The normalized spacial score (nSPS) is 10.8. The molecule has 0 unspecified atom stereocenters. The zero-order valence-electron chi connectivity index (χ0n) is 14.8. The van der Waals surface area contributed by atoms with Gasteiger partial charge in [0.15, 0.2) is 5.82 Å². The van der Waals surface area contributed by atoms with Crippen molar-refractivity contribution >= 4 is 28.7 Å². The van der Waals surface area contributed by atoms with Gasteiger partial charge in [-0.05, 0) is 48.9 Å². The maximum Gasteiger partial charge on any atom is 0.323 e. The summed E-state index contributed by atoms with van der Waals surface area (Å²) >= 11 is 0. The number of aryl methyl sites for hydroxylation is 1. The first-order valence-corrected chi connectivity index (χ1v) is 8.41. The molecule has 4 aromatic rings. The van der Waals surface area contributed by atoms with Gasteiger partial charge in [-0.15, -0.1) is 5.10 Å². The smallest absolute Gasteiger partial charge is 0.323 e. The molecular weight excluding hydrogens is 361 g/mol. The van der Waals surface area contributed by atoms with Gasteiger partial charge in [0.05, 0.1) is 23.3 Å². The largest absolute Gasteiger partial charge is 0.380 e. The lowest BCUT2D eigenvalue weighted by Crippen LogP contribution is -2.20. The number of pyridine rings is 2. The predicted octanol–water partition coefficient (Wildman–Crippen LogP) is 3.47. The molecule has 140 valence electrons. The van der Waals surface area contributed by atoms with E-state index in [2.05, 4.69) is 25.9 Å². The number of urea groups is 1. The van der Waals surface area contributed by atoms with Gasteiger partial charge in [0.2, 0.25) is 0 Å². The van der Waals surface area contributed by atoms with Crippen LogP contribution in [-0.4, -0.2) is 25.8 Å². The van der Waals surface area contributed by atoms with Gasteiger partial charge >= 0.3 is 6.03 Å². The Morgan fingerprint density at radius 3 is 2.82 bits per heavy atom. The number of hydrogen-bond acceptors (Lipinski definition) is 5. The molecule has 0 fully saturated rings. The van der Waals surface area contributed by atoms with Gasteiger partial charge in [-0.2, -0.15) is 0 Å². The standard InChI is InChI=1S/C19H16FN7O/c1-11-4-6-14(20)16(9-11)24-19(28)23-12-5-7-15(22-10-12)13-3-2-8-27-17(13)18(21)25-26-27/h2-10H,21H2,1H3,(H2,23,24,28). The molecule has 0 spiro atoms. The number of nitrogens with zero attached hydrogens (tertiary/aromatic N) is 4. The Kier molecular flexibility index (Phi) is 4.32. The van der Waals surface area contributed by atoms with Gasteiger partial charge in [0, 0.05) is 11.8 Å². The number of anilines is 3. The monoisotopic (exact) mass is 377 g/mol. The highest BCUT2D eigenvalue weighted by molar-refractivity contribution is 6.00. The van der Waals surface area contributed by atoms with Crippen molar-refractivity contribution in [3.63, 3.8) is 0 Å². The first-order chi connectivity index (χ1) is 13.5. The van der Waals surface area contributed by atoms with E-state index in [9.17, 15) is 9.18 Å². The molecule has 0 aliphatic carbocycles. The van der Waals surface area contributed by atoms with Crippen LogP contribution in [0.1, 0.15) is 5.56 Å². The van der Waals surface area contributed by atoms with E-state index in [1.165, 1.54) is 12.3 Å². The molecule has 1 aromatic carbocycles. The van der Waals surface area contributed by atoms with E-state index in [0.29, 0.717) is 22.7 Å². The molecule has 0 saturated heterocycles. The van der Waals surface area contributed by atoms with Crippen LogP contribution in [0.4, 0.5) is 26.4 Å². The lowest BCUT2D eigenvalue weighted by atomic mass is 10.1. The third-order valence-corrected chi connectivity index (χ3v) is 4.13. The van der Waals surface area contributed by atoms with Crippen LogP contribution in [0, 0.1) is 12.7 Å². The van der Waals surface area contributed by atoms with Crippen LogP contribution in [0.25, 0.3) is 16.8 Å². The topological polar surface area (TPSA) is 110 Å². The summed E-state index contributed by atoms with van der Waals surface area (Å²) in [5, 5.41) is 12.9. The number of benzene rings is 1. The number of halogens is 1. The summed E-state index contributed by atoms with van der Waals surface area (Å²) in [5.74, 6) is -0.200. The van der Waals surface area contributed by atoms with Crippen molar-refractivity contribution in [3.8, 4) is 11.3 Å². The fourth-order valence-electron chi connectivity index (χ4n) is 2.82. The zero-order valence-corrected chi connectivity index (χ0v) is 14.8. The molecule has 0 aliphatic heterocycles. The average molecular weight is 377 g/mol. The van der Waals surface area contributed by atoms with Crippen LogP contribution in [0.2, 0.25) is 0 Å². The number of nitrogens with one attached hydrogen (secondary N) is 2. The number of carbonyl (C=O) groups is 1. The van der Waals surface area contributed by atoms with E-state index in [-0.39, 0.29) is 5.69 Å². The number of nitrogens with two attached hydrogens (primary N) is 1. The Bertz CT molecular complexity index is 1170. The number of hydrogen-bond donors (Lipinski definition) is 3. The van der Waals surface area contributed by atoms with Crippen LogP contribution in [0.5, 0.6) is 0 Å². The molecule has 2 amide bonds. The van der Waals surface area contributed by atoms with Crippen molar-refractivity contribution in [1.29, 1.82) is 0 Å². The molecule has 28 heavy (non-hydrogen) atoms. The highest BCUT2D eigenvalue weighted by Crippen LogP contribution is 2.26. The van der Waals surface area contributed by atoms with Crippen molar-refractivity contribution in [2.75, 3.05) is 16.4 Å². The lowest BCUT2D eigenvalue weighted by Gasteiger charge is -2.10. The van der Waals surface area contributed by atoms with Crippen LogP contribution < -0.4 is 16.4 Å². The number of nitrogen functional groups attached to an aromatic ring is 1. The minimum Gasteiger partial charge on any atom is -0.380 e. The molecule has 4 rings (SSSR count). The average Bonchev–Trinajstić information content (AvgIpc) is 3.07. The maximum absolute atomic E-state index is 13.8. The van der Waals surface area contributed by atoms with Gasteiger partial charge in [0.25, 0.3) is 0 Å². The Morgan fingerprint density at radius 1 is 1.18 bits per heavy atom. The Labute approximate surface area is 159 Å². The van der Waals surface area contributed by atoms with E-state index in [1.54, 1.807) is 35.0 Å². The third kappa shape index (κ3) is 3.32. The lowest BCUT2D eigenvalue weighted by molar-refractivity contribution is 0.262. The minimum absolute atomic E-state index is 0.109. The van der Waals surface area contributed by atoms with Crippen LogP contribution in [0.3, 0.4) is 0 Å². The molecule has 8 nitrogen and oxygen atoms in total. The second-order valence-corrected chi connectivity index (χ2v) is 6.18. The molecular formula is C19H16FN7O. The summed E-state index contributed by atoms with van der Waals surface area (Å²) < 4.78 is 15.3. The van der Waals surface area contributed by atoms with E-state index < -0.39 is 11.8 Å². The summed E-state index contributed by atoms with van der Waals surface area (Å²) in [6, 6.07) is 11.0. The molecule has 4 N–H and O–H groups in total. The van der Waals surface area contributed by atoms with E-state index in [4.69, 9.17) is 5.73 Å². The van der Waals surface area contributed by atoms with Crippen molar-refractivity contribution in [2.24, 2.45) is 0 Å². The number of aromatic nitrogens is 4. The number of fused-ring (bicyclic) bond motifs is 1. The van der Waals surface area contributed by atoms with Gasteiger partial charge in [-0.1, -0.05) is 11.3 Å². The van der Waals surface area contributed by atoms with Crippen molar-refractivity contribution in [1.82, 2.24) is 19.8 Å². The summed E-state index contributed by atoms with van der Waals surface area (Å²) in [6.45, 7) is 1.81. The van der Waals surface area contributed by atoms with Gasteiger partial charge in [-0.25, -0.2) is 13.7 Å². The molecule has 3 heterocycles. The highest BCUT2D eigenvalue weighted by Gasteiger charge is 2.12. The predicted molar refractivity (Wildman–Crippen MR) is 104 cm³/mol. The number of amides is 2. The summed E-state index contributed by atoms with van der Waals surface area (Å²) in [6.07, 6.45) is 3.25. The fraction of sp³-hybridized carbons (Fsp3) is 0.0526. The molecule has 3 aromatic heterocycles. The van der Waals surface area contributed by atoms with Crippen molar-refractivity contribution < 1.29 is 9.18 Å². The molecule has 0 saturated carbocycles. The first kappa shape index (κ1) is 17.4. The molecule has 0 aliphatic rings. The van der Waals surface area contributed by atoms with E-state index in [0.717, 1.165) is 11.1 Å². The molecule has 0 atom stereocenters. The zero-order chi connectivity index (χ0) is 19.7. The molecule has 0 radical (unpaired) electrons. The quantitative estimate of drug-likeness (QED) is 0.506. The number of carbonyl (C=O) groups excluding carboxylic acids is 1. The maximum atomic E-state index is 13.8. The SMILES string of the molecule is Cc1ccc(F)c(NC(=O)Nc2ccc(-c3cccn4nnc(N)c34)nc2)c1. The van der Waals surface area contributed by atoms with E-state index >= 15 is 0 Å². The number of rotatable bonds is 3. The van der Waals surface area contributed by atoms with Crippen LogP contribution in [-0.2, 0) is 0 Å². The second-order valence-electron chi connectivity index (χ2n) is 6.18. The summed E-state index contributed by atoms with van der Waals surface area (Å²) in [7, 11) is 0. The van der Waals surface area contributed by atoms with Gasteiger partial charge in [0.1, 0.15) is 11.3 Å². The van der Waals surface area contributed by atoms with Gasteiger partial charge in [-0.3, -0.25) is 4.98 Å². The fourth-order valence-corrected chi connectivity index (χ4v) is 2.82. The Hall–Kier alpha value is -4.01. The first-order valence-electron chi connectivity index (χ1n) is 8.41. The second kappa shape index (κ2) is 6.95. The van der Waals surface area contributed by atoms with Gasteiger partial charge < -0.3 is 16.4 Å². The Balaban J connectivity index is 1.52. The van der Waals surface area contributed by atoms with E-state index in [1.807, 2.05) is 19.1 Å². The van der Waals surface area contributed by atoms with Crippen molar-refractivity contribution in [3.05, 3.63) is 66.2 Å². The molecule has 0 bridgehead atoms. The van der Waals surface area contributed by atoms with Crippen LogP contribution in [0.15, 0.2) is 54.9 Å². The summed E-state index contributed by atoms with van der Waals surface area (Å²) in [4.78, 5) is 16.5.